The molecule has 0 unspecified atom stereocenters. The van der Waals surface area contributed by atoms with Crippen molar-refractivity contribution in [2.75, 3.05) is 39.4 Å². The van der Waals surface area contributed by atoms with Crippen LogP contribution in [0.5, 0.6) is 0 Å². The van der Waals surface area contributed by atoms with Crippen LogP contribution in [0.15, 0.2) is 29.8 Å². The fourth-order valence-corrected chi connectivity index (χ4v) is 2.26. The molecule has 0 aromatic heterocycles. The van der Waals surface area contributed by atoms with Crippen molar-refractivity contribution in [3.63, 3.8) is 0 Å². The Morgan fingerprint density at radius 3 is 2.62 bits per heavy atom. The van der Waals surface area contributed by atoms with E-state index >= 15 is 0 Å². The molecular weight excluding hydrogens is 312 g/mol. The van der Waals surface area contributed by atoms with Crippen molar-refractivity contribution in [1.82, 2.24) is 10.2 Å². The van der Waals surface area contributed by atoms with Crippen molar-refractivity contribution in [2.24, 2.45) is 0 Å². The Morgan fingerprint density at radius 1 is 1.38 bits per heavy atom. The largest absolute Gasteiger partial charge is 0.379 e. The normalized spacial score (nSPS) is 15.5. The molecule has 1 aromatic carbocycles. The SMILES string of the molecule is N#C/C(=C\c1ccc([N+](=O)[O-])cc1)C(=O)NCCN1CCOCC1. The van der Waals surface area contributed by atoms with Gasteiger partial charge in [0.05, 0.1) is 18.1 Å². The van der Waals surface area contributed by atoms with Crippen LogP contribution in [0.25, 0.3) is 6.08 Å². The maximum atomic E-state index is 12.0. The van der Waals surface area contributed by atoms with Gasteiger partial charge in [-0.3, -0.25) is 19.8 Å². The van der Waals surface area contributed by atoms with Gasteiger partial charge in [-0.1, -0.05) is 0 Å². The van der Waals surface area contributed by atoms with E-state index in [4.69, 9.17) is 10.00 Å². The molecule has 1 aliphatic heterocycles. The molecule has 8 nitrogen and oxygen atoms in total. The number of hydrogen-bond donors (Lipinski definition) is 1. The van der Waals surface area contributed by atoms with Gasteiger partial charge in [-0.2, -0.15) is 5.26 Å². The van der Waals surface area contributed by atoms with Crippen LogP contribution < -0.4 is 5.32 Å². The van der Waals surface area contributed by atoms with Gasteiger partial charge in [0.1, 0.15) is 11.6 Å². The number of carbonyl (C=O) groups is 1. The molecule has 126 valence electrons. The quantitative estimate of drug-likeness (QED) is 0.360. The Kier molecular flexibility index (Phi) is 6.42. The van der Waals surface area contributed by atoms with E-state index in [1.165, 1.54) is 30.3 Å². The summed E-state index contributed by atoms with van der Waals surface area (Å²) in [5, 5.41) is 22.5. The first kappa shape index (κ1) is 17.6. The Balaban J connectivity index is 1.90. The van der Waals surface area contributed by atoms with Gasteiger partial charge in [0.15, 0.2) is 0 Å². The Morgan fingerprint density at radius 2 is 2.04 bits per heavy atom. The summed E-state index contributed by atoms with van der Waals surface area (Å²) in [5.41, 5.74) is 0.479. The molecule has 1 fully saturated rings. The number of hydrogen-bond acceptors (Lipinski definition) is 6. The van der Waals surface area contributed by atoms with E-state index in [0.29, 0.717) is 31.9 Å². The van der Waals surface area contributed by atoms with Gasteiger partial charge < -0.3 is 10.1 Å². The van der Waals surface area contributed by atoms with E-state index in [1.807, 2.05) is 6.07 Å². The molecular formula is C16H18N4O4. The molecule has 1 aliphatic rings. The number of amides is 1. The molecule has 1 heterocycles. The van der Waals surface area contributed by atoms with Crippen molar-refractivity contribution < 1.29 is 14.5 Å². The molecule has 0 aliphatic carbocycles. The van der Waals surface area contributed by atoms with Crippen molar-refractivity contribution in [2.45, 2.75) is 0 Å². The van der Waals surface area contributed by atoms with Crippen molar-refractivity contribution >= 4 is 17.7 Å². The number of non-ortho nitro benzene ring substituents is 1. The van der Waals surface area contributed by atoms with E-state index in [2.05, 4.69) is 10.2 Å². The van der Waals surface area contributed by atoms with Gasteiger partial charge in [0.25, 0.3) is 11.6 Å². The van der Waals surface area contributed by atoms with E-state index in [9.17, 15) is 14.9 Å². The monoisotopic (exact) mass is 330 g/mol. The number of nitro groups is 1. The van der Waals surface area contributed by atoms with Gasteiger partial charge in [-0.15, -0.1) is 0 Å². The zero-order valence-electron chi connectivity index (χ0n) is 13.1. The second-order valence-electron chi connectivity index (χ2n) is 5.23. The van der Waals surface area contributed by atoms with Crippen LogP contribution in [0.2, 0.25) is 0 Å². The fraction of sp³-hybridized carbons (Fsp3) is 0.375. The number of nitrogens with one attached hydrogen (secondary N) is 1. The summed E-state index contributed by atoms with van der Waals surface area (Å²) >= 11 is 0. The summed E-state index contributed by atoms with van der Waals surface area (Å²) in [6, 6.07) is 7.51. The predicted molar refractivity (Wildman–Crippen MR) is 87.0 cm³/mol. The van der Waals surface area contributed by atoms with Crippen LogP contribution in [-0.4, -0.2) is 55.1 Å². The summed E-state index contributed by atoms with van der Waals surface area (Å²) in [6.07, 6.45) is 1.41. The summed E-state index contributed by atoms with van der Waals surface area (Å²) in [4.78, 5) is 24.3. The Hall–Kier alpha value is -2.76. The lowest BCUT2D eigenvalue weighted by Gasteiger charge is -2.26. The molecule has 0 atom stereocenters. The number of nitro benzene ring substituents is 1. The fourth-order valence-electron chi connectivity index (χ4n) is 2.26. The maximum absolute atomic E-state index is 12.0. The summed E-state index contributed by atoms with van der Waals surface area (Å²) in [6.45, 7) is 4.19. The van der Waals surface area contributed by atoms with Gasteiger partial charge in [-0.25, -0.2) is 0 Å². The molecule has 1 N–H and O–H groups in total. The zero-order chi connectivity index (χ0) is 17.4. The van der Waals surface area contributed by atoms with Crippen LogP contribution in [-0.2, 0) is 9.53 Å². The van der Waals surface area contributed by atoms with E-state index < -0.39 is 10.8 Å². The minimum Gasteiger partial charge on any atom is -0.379 e. The highest BCUT2D eigenvalue weighted by Gasteiger charge is 2.12. The van der Waals surface area contributed by atoms with Crippen LogP contribution in [0, 0.1) is 21.4 Å². The first-order valence-electron chi connectivity index (χ1n) is 7.54. The zero-order valence-corrected chi connectivity index (χ0v) is 13.1. The topological polar surface area (TPSA) is 108 Å². The number of morpholine rings is 1. The molecule has 2 rings (SSSR count). The molecule has 0 radical (unpaired) electrons. The number of rotatable bonds is 6. The van der Waals surface area contributed by atoms with Crippen LogP contribution in [0.4, 0.5) is 5.69 Å². The van der Waals surface area contributed by atoms with Gasteiger partial charge in [0, 0.05) is 38.3 Å². The summed E-state index contributed by atoms with van der Waals surface area (Å²) < 4.78 is 5.25. The van der Waals surface area contributed by atoms with Crippen molar-refractivity contribution in [3.8, 4) is 6.07 Å². The number of benzene rings is 1. The lowest BCUT2D eigenvalue weighted by atomic mass is 10.1. The highest BCUT2D eigenvalue weighted by atomic mass is 16.6. The molecule has 0 spiro atoms. The number of nitrogens with zero attached hydrogens (tertiary/aromatic N) is 3. The summed E-state index contributed by atoms with van der Waals surface area (Å²) in [7, 11) is 0. The minimum absolute atomic E-state index is 0.0363. The van der Waals surface area contributed by atoms with E-state index in [-0.39, 0.29) is 11.3 Å². The second-order valence-corrected chi connectivity index (χ2v) is 5.23. The van der Waals surface area contributed by atoms with Gasteiger partial charge in [-0.05, 0) is 23.8 Å². The first-order valence-corrected chi connectivity index (χ1v) is 7.54. The summed E-state index contributed by atoms with van der Waals surface area (Å²) in [5.74, 6) is -0.455. The molecule has 0 saturated carbocycles. The first-order chi connectivity index (χ1) is 11.6. The average molecular weight is 330 g/mol. The molecule has 1 amide bonds. The van der Waals surface area contributed by atoms with Crippen LogP contribution in [0.3, 0.4) is 0 Å². The molecule has 1 saturated heterocycles. The minimum atomic E-state index is -0.503. The highest BCUT2D eigenvalue weighted by molar-refractivity contribution is 6.01. The smallest absolute Gasteiger partial charge is 0.269 e. The third-order valence-corrected chi connectivity index (χ3v) is 3.60. The Bertz CT molecular complexity index is 658. The second kappa shape index (κ2) is 8.76. The molecule has 1 aromatic rings. The average Bonchev–Trinajstić information content (AvgIpc) is 2.60. The lowest BCUT2D eigenvalue weighted by molar-refractivity contribution is -0.384. The number of nitriles is 1. The van der Waals surface area contributed by atoms with Gasteiger partial charge >= 0.3 is 0 Å². The van der Waals surface area contributed by atoms with Crippen LogP contribution >= 0.6 is 0 Å². The molecule has 0 bridgehead atoms. The van der Waals surface area contributed by atoms with Gasteiger partial charge in [0.2, 0.25) is 0 Å². The third kappa shape index (κ3) is 5.15. The third-order valence-electron chi connectivity index (χ3n) is 3.60. The van der Waals surface area contributed by atoms with Crippen LogP contribution in [0.1, 0.15) is 5.56 Å². The molecule has 8 heteroatoms. The maximum Gasteiger partial charge on any atom is 0.269 e. The van der Waals surface area contributed by atoms with Crippen molar-refractivity contribution in [1.29, 1.82) is 5.26 Å². The predicted octanol–water partition coefficient (Wildman–Crippen LogP) is 0.950. The Labute approximate surface area is 139 Å². The number of carbonyl (C=O) groups excluding carboxylic acids is 1. The molecule has 24 heavy (non-hydrogen) atoms. The number of ether oxygens (including phenoxy) is 1. The van der Waals surface area contributed by atoms with E-state index in [0.717, 1.165) is 13.1 Å². The van der Waals surface area contributed by atoms with E-state index in [1.54, 1.807) is 0 Å². The standard InChI is InChI=1S/C16H18N4O4/c17-12-14(11-13-1-3-15(4-2-13)20(22)23)16(21)18-5-6-19-7-9-24-10-8-19/h1-4,11H,5-10H2,(H,18,21)/b14-11+. The van der Waals surface area contributed by atoms with Crippen molar-refractivity contribution in [3.05, 3.63) is 45.5 Å². The highest BCUT2D eigenvalue weighted by Crippen LogP contribution is 2.14. The lowest BCUT2D eigenvalue weighted by Crippen LogP contribution is -2.41.